The standard InChI is InChI=1S/C24H24N2O2/c27-24(26-16-14-25(15-17-26)22-11-5-2-6-12-22)21-10-7-13-23(18-21)28-19-20-8-3-1-4-9-20/h1-13,18H,14-17,19H2. The summed E-state index contributed by atoms with van der Waals surface area (Å²) >= 11 is 0. The van der Waals surface area contributed by atoms with E-state index in [-0.39, 0.29) is 5.91 Å². The number of hydrogen-bond acceptors (Lipinski definition) is 3. The molecule has 1 heterocycles. The average molecular weight is 372 g/mol. The molecule has 3 aromatic carbocycles. The number of carbonyl (C=O) groups is 1. The van der Waals surface area contributed by atoms with Gasteiger partial charge in [0.05, 0.1) is 0 Å². The quantitative estimate of drug-likeness (QED) is 0.672. The number of piperazine rings is 1. The van der Waals surface area contributed by atoms with Gasteiger partial charge >= 0.3 is 0 Å². The summed E-state index contributed by atoms with van der Waals surface area (Å²) in [6, 6.07) is 27.9. The Balaban J connectivity index is 1.36. The van der Waals surface area contributed by atoms with Crippen LogP contribution in [0.5, 0.6) is 5.75 Å². The molecule has 1 fully saturated rings. The van der Waals surface area contributed by atoms with Crippen molar-refractivity contribution in [1.82, 2.24) is 4.90 Å². The number of para-hydroxylation sites is 1. The molecule has 28 heavy (non-hydrogen) atoms. The van der Waals surface area contributed by atoms with E-state index in [9.17, 15) is 4.79 Å². The predicted molar refractivity (Wildman–Crippen MR) is 112 cm³/mol. The lowest BCUT2D eigenvalue weighted by Crippen LogP contribution is -2.48. The minimum absolute atomic E-state index is 0.0675. The van der Waals surface area contributed by atoms with Crippen LogP contribution in [0, 0.1) is 0 Å². The summed E-state index contributed by atoms with van der Waals surface area (Å²) in [7, 11) is 0. The Bertz CT molecular complexity index is 904. The molecule has 4 rings (SSSR count). The third-order valence-corrected chi connectivity index (χ3v) is 5.02. The molecule has 0 unspecified atom stereocenters. The van der Waals surface area contributed by atoms with E-state index in [1.165, 1.54) is 5.69 Å². The Morgan fingerprint density at radius 2 is 1.46 bits per heavy atom. The number of ether oxygens (including phenoxy) is 1. The molecule has 0 atom stereocenters. The van der Waals surface area contributed by atoms with Gasteiger partial charge in [0.25, 0.3) is 5.91 Å². The summed E-state index contributed by atoms with van der Waals surface area (Å²) < 4.78 is 5.87. The van der Waals surface area contributed by atoms with Gasteiger partial charge in [0.2, 0.25) is 0 Å². The van der Waals surface area contributed by atoms with E-state index < -0.39 is 0 Å². The fourth-order valence-electron chi connectivity index (χ4n) is 3.45. The average Bonchev–Trinajstić information content (AvgIpc) is 2.79. The van der Waals surface area contributed by atoms with Gasteiger partial charge in [0.1, 0.15) is 12.4 Å². The van der Waals surface area contributed by atoms with Gasteiger partial charge in [0, 0.05) is 37.4 Å². The molecule has 3 aromatic rings. The molecule has 0 spiro atoms. The predicted octanol–water partition coefficient (Wildman–Crippen LogP) is 4.23. The topological polar surface area (TPSA) is 32.8 Å². The highest BCUT2D eigenvalue weighted by molar-refractivity contribution is 5.94. The van der Waals surface area contributed by atoms with Crippen molar-refractivity contribution in [3.63, 3.8) is 0 Å². The Morgan fingerprint density at radius 1 is 0.786 bits per heavy atom. The minimum Gasteiger partial charge on any atom is -0.489 e. The van der Waals surface area contributed by atoms with Gasteiger partial charge in [-0.25, -0.2) is 0 Å². The first kappa shape index (κ1) is 18.1. The number of rotatable bonds is 5. The molecule has 0 bridgehead atoms. The molecule has 4 nitrogen and oxygen atoms in total. The second-order valence-electron chi connectivity index (χ2n) is 6.92. The fourth-order valence-corrected chi connectivity index (χ4v) is 3.45. The zero-order chi connectivity index (χ0) is 19.2. The van der Waals surface area contributed by atoms with Crippen molar-refractivity contribution in [2.45, 2.75) is 6.61 Å². The maximum atomic E-state index is 12.9. The van der Waals surface area contributed by atoms with Crippen molar-refractivity contribution < 1.29 is 9.53 Å². The third kappa shape index (κ3) is 4.34. The summed E-state index contributed by atoms with van der Waals surface area (Å²) in [4.78, 5) is 17.2. The van der Waals surface area contributed by atoms with Gasteiger partial charge in [-0.3, -0.25) is 4.79 Å². The molecule has 0 radical (unpaired) electrons. The fraction of sp³-hybridized carbons (Fsp3) is 0.208. The second-order valence-corrected chi connectivity index (χ2v) is 6.92. The number of amides is 1. The van der Waals surface area contributed by atoms with Crippen LogP contribution in [-0.2, 0) is 6.61 Å². The molecule has 1 saturated heterocycles. The molecule has 142 valence electrons. The molecule has 0 N–H and O–H groups in total. The Labute approximate surface area is 166 Å². The maximum absolute atomic E-state index is 12.9. The lowest BCUT2D eigenvalue weighted by Gasteiger charge is -2.36. The Morgan fingerprint density at radius 3 is 2.18 bits per heavy atom. The van der Waals surface area contributed by atoms with E-state index in [1.54, 1.807) is 0 Å². The van der Waals surface area contributed by atoms with Crippen molar-refractivity contribution in [1.29, 1.82) is 0 Å². The monoisotopic (exact) mass is 372 g/mol. The van der Waals surface area contributed by atoms with Crippen LogP contribution in [0.3, 0.4) is 0 Å². The first-order valence-electron chi connectivity index (χ1n) is 9.66. The Hall–Kier alpha value is -3.27. The van der Waals surface area contributed by atoms with Crippen LogP contribution in [0.2, 0.25) is 0 Å². The highest BCUT2D eigenvalue weighted by Crippen LogP contribution is 2.19. The maximum Gasteiger partial charge on any atom is 0.254 e. The van der Waals surface area contributed by atoms with Gasteiger partial charge in [-0.05, 0) is 35.9 Å². The zero-order valence-electron chi connectivity index (χ0n) is 15.8. The van der Waals surface area contributed by atoms with E-state index in [0.29, 0.717) is 12.2 Å². The highest BCUT2D eigenvalue weighted by atomic mass is 16.5. The molecule has 0 aliphatic carbocycles. The van der Waals surface area contributed by atoms with E-state index in [2.05, 4.69) is 17.0 Å². The summed E-state index contributed by atoms with van der Waals surface area (Å²) in [6.07, 6.45) is 0. The zero-order valence-corrected chi connectivity index (χ0v) is 15.8. The molecular formula is C24H24N2O2. The number of carbonyl (C=O) groups excluding carboxylic acids is 1. The largest absolute Gasteiger partial charge is 0.489 e. The van der Waals surface area contributed by atoms with Crippen LogP contribution < -0.4 is 9.64 Å². The third-order valence-electron chi connectivity index (χ3n) is 5.02. The molecular weight excluding hydrogens is 348 g/mol. The molecule has 4 heteroatoms. The molecule has 0 saturated carbocycles. The first-order chi connectivity index (χ1) is 13.8. The van der Waals surface area contributed by atoms with Crippen molar-refractivity contribution in [3.05, 3.63) is 96.1 Å². The summed E-state index contributed by atoms with van der Waals surface area (Å²) in [6.45, 7) is 3.64. The summed E-state index contributed by atoms with van der Waals surface area (Å²) in [5, 5.41) is 0. The molecule has 1 aliphatic heterocycles. The van der Waals surface area contributed by atoms with Crippen molar-refractivity contribution in [3.8, 4) is 5.75 Å². The van der Waals surface area contributed by atoms with Crippen LogP contribution in [0.25, 0.3) is 0 Å². The second kappa shape index (κ2) is 8.61. The van der Waals surface area contributed by atoms with Crippen molar-refractivity contribution in [2.24, 2.45) is 0 Å². The summed E-state index contributed by atoms with van der Waals surface area (Å²) in [5.74, 6) is 0.787. The molecule has 0 aromatic heterocycles. The molecule has 1 amide bonds. The van der Waals surface area contributed by atoms with E-state index in [1.807, 2.05) is 77.7 Å². The van der Waals surface area contributed by atoms with Crippen molar-refractivity contribution >= 4 is 11.6 Å². The van der Waals surface area contributed by atoms with Gasteiger partial charge in [-0.15, -0.1) is 0 Å². The van der Waals surface area contributed by atoms with Gasteiger partial charge in [-0.1, -0.05) is 54.6 Å². The van der Waals surface area contributed by atoms with Crippen molar-refractivity contribution in [2.75, 3.05) is 31.1 Å². The summed E-state index contributed by atoms with van der Waals surface area (Å²) in [5.41, 5.74) is 3.00. The Kier molecular flexibility index (Phi) is 5.57. The number of anilines is 1. The lowest BCUT2D eigenvalue weighted by atomic mass is 10.1. The van der Waals surface area contributed by atoms with Crippen LogP contribution in [-0.4, -0.2) is 37.0 Å². The lowest BCUT2D eigenvalue weighted by molar-refractivity contribution is 0.0746. The normalized spacial score (nSPS) is 14.0. The van der Waals surface area contributed by atoms with Gasteiger partial charge < -0.3 is 14.5 Å². The van der Waals surface area contributed by atoms with Crippen LogP contribution in [0.15, 0.2) is 84.9 Å². The van der Waals surface area contributed by atoms with Crippen LogP contribution in [0.4, 0.5) is 5.69 Å². The number of hydrogen-bond donors (Lipinski definition) is 0. The smallest absolute Gasteiger partial charge is 0.254 e. The minimum atomic E-state index is 0.0675. The van der Waals surface area contributed by atoms with Crippen LogP contribution in [0.1, 0.15) is 15.9 Å². The number of benzene rings is 3. The van der Waals surface area contributed by atoms with Crippen LogP contribution >= 0.6 is 0 Å². The van der Waals surface area contributed by atoms with E-state index in [4.69, 9.17) is 4.74 Å². The van der Waals surface area contributed by atoms with Gasteiger partial charge in [-0.2, -0.15) is 0 Å². The van der Waals surface area contributed by atoms with Gasteiger partial charge in [0.15, 0.2) is 0 Å². The first-order valence-corrected chi connectivity index (χ1v) is 9.66. The number of nitrogens with zero attached hydrogens (tertiary/aromatic N) is 2. The molecule has 1 aliphatic rings. The van der Waals surface area contributed by atoms with E-state index >= 15 is 0 Å². The highest BCUT2D eigenvalue weighted by Gasteiger charge is 2.22. The van der Waals surface area contributed by atoms with E-state index in [0.717, 1.165) is 37.5 Å². The SMILES string of the molecule is O=C(c1cccc(OCc2ccccc2)c1)N1CCN(c2ccccc2)CC1.